The summed E-state index contributed by atoms with van der Waals surface area (Å²) in [7, 11) is 0. The van der Waals surface area contributed by atoms with E-state index in [1.54, 1.807) is 24.8 Å². The molecule has 0 fully saturated rings. The van der Waals surface area contributed by atoms with Gasteiger partial charge in [0.25, 0.3) is 0 Å². The molecule has 0 radical (unpaired) electrons. The van der Waals surface area contributed by atoms with E-state index in [2.05, 4.69) is 9.97 Å². The molecule has 0 amide bonds. The van der Waals surface area contributed by atoms with Gasteiger partial charge in [-0.25, -0.2) is 0 Å². The van der Waals surface area contributed by atoms with Gasteiger partial charge in [0.1, 0.15) is 0 Å². The first kappa shape index (κ1) is 15.6. The predicted molar refractivity (Wildman–Crippen MR) is 82.0 cm³/mol. The van der Waals surface area contributed by atoms with Crippen molar-refractivity contribution < 1.29 is 10.2 Å². The summed E-state index contributed by atoms with van der Waals surface area (Å²) in [6.07, 6.45) is 9.48. The maximum absolute atomic E-state index is 9.34. The van der Waals surface area contributed by atoms with Gasteiger partial charge in [-0.1, -0.05) is 0 Å². The molecule has 0 aromatic carbocycles. The van der Waals surface area contributed by atoms with Gasteiger partial charge in [0.05, 0.1) is 0 Å². The van der Waals surface area contributed by atoms with E-state index in [0.29, 0.717) is 0 Å². The Labute approximate surface area is 125 Å². The summed E-state index contributed by atoms with van der Waals surface area (Å²) in [4.78, 5) is 8.10. The molecular weight excluding hydrogens is 264 g/mol. The average molecular weight is 286 g/mol. The SMILES string of the molecule is OCCC(CC(CCO)c1ccncc1)c1ccncc1. The van der Waals surface area contributed by atoms with E-state index in [-0.39, 0.29) is 25.0 Å². The summed E-state index contributed by atoms with van der Waals surface area (Å²) in [5, 5.41) is 18.7. The Bertz CT molecular complexity index is 457. The molecule has 112 valence electrons. The lowest BCUT2D eigenvalue weighted by atomic mass is 9.82. The lowest BCUT2D eigenvalue weighted by Gasteiger charge is -2.23. The Morgan fingerprint density at radius 1 is 0.714 bits per heavy atom. The minimum Gasteiger partial charge on any atom is -0.396 e. The summed E-state index contributed by atoms with van der Waals surface area (Å²) >= 11 is 0. The molecular formula is C17H22N2O2. The molecule has 0 aliphatic heterocycles. The lowest BCUT2D eigenvalue weighted by Crippen LogP contribution is -2.10. The van der Waals surface area contributed by atoms with Crippen LogP contribution in [0.1, 0.15) is 42.2 Å². The summed E-state index contributed by atoms with van der Waals surface area (Å²) in [6.45, 7) is 0.324. The number of hydrogen-bond donors (Lipinski definition) is 2. The van der Waals surface area contributed by atoms with Gasteiger partial charge in [-0.3, -0.25) is 9.97 Å². The molecule has 2 heterocycles. The Balaban J connectivity index is 2.16. The third-order valence-electron chi connectivity index (χ3n) is 3.88. The van der Waals surface area contributed by atoms with Gasteiger partial charge in [0.15, 0.2) is 0 Å². The van der Waals surface area contributed by atoms with E-state index in [0.717, 1.165) is 19.3 Å². The van der Waals surface area contributed by atoms with Crippen LogP contribution in [0.3, 0.4) is 0 Å². The van der Waals surface area contributed by atoms with Gasteiger partial charge in [0.2, 0.25) is 0 Å². The van der Waals surface area contributed by atoms with Crippen LogP contribution in [0.5, 0.6) is 0 Å². The van der Waals surface area contributed by atoms with Crippen molar-refractivity contribution in [3.8, 4) is 0 Å². The number of nitrogens with zero attached hydrogens (tertiary/aromatic N) is 2. The summed E-state index contributed by atoms with van der Waals surface area (Å²) in [5.41, 5.74) is 2.38. The highest BCUT2D eigenvalue weighted by atomic mass is 16.3. The second kappa shape index (κ2) is 8.49. The Morgan fingerprint density at radius 2 is 1.10 bits per heavy atom. The number of hydrogen-bond acceptors (Lipinski definition) is 4. The molecule has 0 saturated carbocycles. The molecule has 2 atom stereocenters. The maximum atomic E-state index is 9.34. The first-order chi connectivity index (χ1) is 10.3. The fourth-order valence-corrected chi connectivity index (χ4v) is 2.77. The molecule has 0 spiro atoms. The number of rotatable bonds is 8. The largest absolute Gasteiger partial charge is 0.396 e. The molecule has 0 bridgehead atoms. The molecule has 0 aliphatic rings. The van der Waals surface area contributed by atoms with Gasteiger partial charge in [-0.2, -0.15) is 0 Å². The highest BCUT2D eigenvalue weighted by Crippen LogP contribution is 2.33. The molecule has 21 heavy (non-hydrogen) atoms. The third kappa shape index (κ3) is 4.62. The summed E-state index contributed by atoms with van der Waals surface area (Å²) in [5.74, 6) is 0.533. The van der Waals surface area contributed by atoms with Gasteiger partial charge in [0, 0.05) is 38.0 Å². The number of pyridine rings is 2. The van der Waals surface area contributed by atoms with Gasteiger partial charge < -0.3 is 10.2 Å². The molecule has 0 saturated heterocycles. The highest BCUT2D eigenvalue weighted by Gasteiger charge is 2.19. The van der Waals surface area contributed by atoms with E-state index in [1.807, 2.05) is 24.3 Å². The van der Waals surface area contributed by atoms with Crippen molar-refractivity contribution in [1.29, 1.82) is 0 Å². The van der Waals surface area contributed by atoms with Crippen LogP contribution in [0.4, 0.5) is 0 Å². The van der Waals surface area contributed by atoms with E-state index in [9.17, 15) is 10.2 Å². The topological polar surface area (TPSA) is 66.2 Å². The van der Waals surface area contributed by atoms with Crippen LogP contribution in [-0.2, 0) is 0 Å². The Kier molecular flexibility index (Phi) is 6.31. The number of aliphatic hydroxyl groups excluding tert-OH is 2. The standard InChI is InChI=1S/C17H22N2O2/c20-11-5-16(14-1-7-18-8-2-14)13-17(6-12-21)15-3-9-19-10-4-15/h1-4,7-10,16-17,20-21H,5-6,11-13H2. The minimum absolute atomic E-state index is 0.162. The summed E-state index contributed by atoms with van der Waals surface area (Å²) in [6, 6.07) is 8.01. The highest BCUT2D eigenvalue weighted by molar-refractivity contribution is 5.20. The van der Waals surface area contributed by atoms with Crippen LogP contribution in [0.2, 0.25) is 0 Å². The number of aromatic nitrogens is 2. The Hall–Kier alpha value is -1.78. The van der Waals surface area contributed by atoms with Crippen LogP contribution >= 0.6 is 0 Å². The van der Waals surface area contributed by atoms with Gasteiger partial charge >= 0.3 is 0 Å². The molecule has 2 N–H and O–H groups in total. The second-order valence-electron chi connectivity index (χ2n) is 5.22. The van der Waals surface area contributed by atoms with E-state index < -0.39 is 0 Å². The minimum atomic E-state index is 0.162. The van der Waals surface area contributed by atoms with Crippen molar-refractivity contribution in [1.82, 2.24) is 9.97 Å². The molecule has 2 aromatic rings. The van der Waals surface area contributed by atoms with Crippen molar-refractivity contribution in [2.45, 2.75) is 31.1 Å². The zero-order valence-corrected chi connectivity index (χ0v) is 12.1. The van der Waals surface area contributed by atoms with Crippen LogP contribution in [0.15, 0.2) is 49.1 Å². The van der Waals surface area contributed by atoms with Crippen LogP contribution < -0.4 is 0 Å². The van der Waals surface area contributed by atoms with Crippen molar-refractivity contribution in [2.24, 2.45) is 0 Å². The normalized spacial score (nSPS) is 13.8. The molecule has 0 aliphatic carbocycles. The van der Waals surface area contributed by atoms with Crippen LogP contribution in [-0.4, -0.2) is 33.4 Å². The molecule has 2 aromatic heterocycles. The zero-order valence-electron chi connectivity index (χ0n) is 12.1. The summed E-state index contributed by atoms with van der Waals surface area (Å²) < 4.78 is 0. The van der Waals surface area contributed by atoms with E-state index in [4.69, 9.17) is 0 Å². The maximum Gasteiger partial charge on any atom is 0.0436 e. The fourth-order valence-electron chi connectivity index (χ4n) is 2.77. The smallest absolute Gasteiger partial charge is 0.0436 e. The van der Waals surface area contributed by atoms with Crippen molar-refractivity contribution >= 4 is 0 Å². The first-order valence-electron chi connectivity index (χ1n) is 7.36. The third-order valence-corrected chi connectivity index (χ3v) is 3.88. The molecule has 4 nitrogen and oxygen atoms in total. The monoisotopic (exact) mass is 286 g/mol. The molecule has 2 unspecified atom stereocenters. The predicted octanol–water partition coefficient (Wildman–Crippen LogP) is 2.50. The van der Waals surface area contributed by atoms with Crippen molar-refractivity contribution in [3.05, 3.63) is 60.2 Å². The van der Waals surface area contributed by atoms with Crippen LogP contribution in [0, 0.1) is 0 Å². The quantitative estimate of drug-likeness (QED) is 0.782. The average Bonchev–Trinajstić information content (AvgIpc) is 2.55. The lowest BCUT2D eigenvalue weighted by molar-refractivity contribution is 0.253. The van der Waals surface area contributed by atoms with E-state index in [1.165, 1.54) is 11.1 Å². The van der Waals surface area contributed by atoms with Gasteiger partial charge in [-0.15, -0.1) is 0 Å². The second-order valence-corrected chi connectivity index (χ2v) is 5.22. The molecule has 4 heteroatoms. The first-order valence-corrected chi connectivity index (χ1v) is 7.36. The van der Waals surface area contributed by atoms with Crippen molar-refractivity contribution in [3.63, 3.8) is 0 Å². The Morgan fingerprint density at radius 3 is 1.43 bits per heavy atom. The van der Waals surface area contributed by atoms with Crippen LogP contribution in [0.25, 0.3) is 0 Å². The zero-order chi connectivity index (χ0) is 14.9. The van der Waals surface area contributed by atoms with E-state index >= 15 is 0 Å². The van der Waals surface area contributed by atoms with Gasteiger partial charge in [-0.05, 0) is 66.5 Å². The van der Waals surface area contributed by atoms with Crippen molar-refractivity contribution in [2.75, 3.05) is 13.2 Å². The fraction of sp³-hybridized carbons (Fsp3) is 0.412. The molecule has 2 rings (SSSR count). The number of aliphatic hydroxyl groups is 2.